The van der Waals surface area contributed by atoms with Crippen molar-refractivity contribution in [2.45, 2.75) is 25.8 Å². The molecular weight excluding hydrogens is 336 g/mol. The smallest absolute Gasteiger partial charge is 0.127 e. The molecule has 1 atom stereocenters. The van der Waals surface area contributed by atoms with Crippen molar-refractivity contribution in [1.82, 2.24) is 5.32 Å². The second-order valence-corrected chi connectivity index (χ2v) is 5.93. The van der Waals surface area contributed by atoms with Gasteiger partial charge in [-0.25, -0.2) is 8.78 Å². The highest BCUT2D eigenvalue weighted by molar-refractivity contribution is 9.10. The first-order valence-electron chi connectivity index (χ1n) is 7.03. The summed E-state index contributed by atoms with van der Waals surface area (Å²) in [5.41, 5.74) is 1.45. The van der Waals surface area contributed by atoms with E-state index >= 15 is 0 Å². The zero-order valence-corrected chi connectivity index (χ0v) is 13.5. The second kappa shape index (κ2) is 7.66. The van der Waals surface area contributed by atoms with Gasteiger partial charge < -0.3 is 5.32 Å². The summed E-state index contributed by atoms with van der Waals surface area (Å²) in [4.78, 5) is 0. The summed E-state index contributed by atoms with van der Waals surface area (Å²) in [5, 5.41) is 3.34. The van der Waals surface area contributed by atoms with Gasteiger partial charge in [0.05, 0.1) is 0 Å². The number of hydrogen-bond acceptors (Lipinski definition) is 1. The van der Waals surface area contributed by atoms with Crippen molar-refractivity contribution >= 4 is 15.9 Å². The standard InChI is InChI=1S/C17H18BrF2N/c1-2-7-21-17(15-5-3-4-6-16(15)20)10-12-8-13(18)11-14(19)9-12/h3-6,8-9,11,17,21H,2,7,10H2,1H3. The molecule has 1 N–H and O–H groups in total. The van der Waals surface area contributed by atoms with Gasteiger partial charge in [-0.1, -0.05) is 41.1 Å². The van der Waals surface area contributed by atoms with Crippen molar-refractivity contribution in [3.8, 4) is 0 Å². The Morgan fingerprint density at radius 2 is 1.90 bits per heavy atom. The Balaban J connectivity index is 2.26. The van der Waals surface area contributed by atoms with E-state index in [4.69, 9.17) is 0 Å². The van der Waals surface area contributed by atoms with Gasteiger partial charge in [0, 0.05) is 16.1 Å². The third-order valence-corrected chi connectivity index (χ3v) is 3.74. The highest BCUT2D eigenvalue weighted by atomic mass is 79.9. The minimum Gasteiger partial charge on any atom is -0.310 e. The molecule has 0 aliphatic carbocycles. The summed E-state index contributed by atoms with van der Waals surface area (Å²) in [6, 6.07) is 11.3. The van der Waals surface area contributed by atoms with Crippen LogP contribution in [0.1, 0.15) is 30.5 Å². The second-order valence-electron chi connectivity index (χ2n) is 5.01. The molecule has 0 saturated carbocycles. The van der Waals surface area contributed by atoms with Crippen LogP contribution in [-0.4, -0.2) is 6.54 Å². The van der Waals surface area contributed by atoms with Crippen LogP contribution in [0.2, 0.25) is 0 Å². The number of rotatable bonds is 6. The Bertz CT molecular complexity index is 581. The molecule has 2 aromatic carbocycles. The van der Waals surface area contributed by atoms with Crippen LogP contribution in [0.25, 0.3) is 0 Å². The Hall–Kier alpha value is -1.26. The van der Waals surface area contributed by atoms with Crippen LogP contribution in [0.3, 0.4) is 0 Å². The van der Waals surface area contributed by atoms with E-state index < -0.39 is 0 Å². The lowest BCUT2D eigenvalue weighted by molar-refractivity contribution is 0.496. The van der Waals surface area contributed by atoms with Crippen molar-refractivity contribution in [1.29, 1.82) is 0 Å². The first-order valence-corrected chi connectivity index (χ1v) is 7.82. The summed E-state index contributed by atoms with van der Waals surface area (Å²) >= 11 is 3.29. The monoisotopic (exact) mass is 353 g/mol. The van der Waals surface area contributed by atoms with E-state index in [1.807, 2.05) is 12.1 Å². The summed E-state index contributed by atoms with van der Waals surface area (Å²) in [5.74, 6) is -0.524. The van der Waals surface area contributed by atoms with Gasteiger partial charge >= 0.3 is 0 Å². The van der Waals surface area contributed by atoms with Gasteiger partial charge in [0.25, 0.3) is 0 Å². The molecule has 1 unspecified atom stereocenters. The predicted molar refractivity (Wildman–Crippen MR) is 85.2 cm³/mol. The van der Waals surface area contributed by atoms with Crippen LogP contribution in [0, 0.1) is 11.6 Å². The Morgan fingerprint density at radius 3 is 2.57 bits per heavy atom. The topological polar surface area (TPSA) is 12.0 Å². The van der Waals surface area contributed by atoms with Crippen molar-refractivity contribution in [3.63, 3.8) is 0 Å². The van der Waals surface area contributed by atoms with Crippen molar-refractivity contribution < 1.29 is 8.78 Å². The number of halogens is 3. The molecule has 2 aromatic rings. The molecule has 0 amide bonds. The Labute approximate surface area is 132 Å². The fourth-order valence-electron chi connectivity index (χ4n) is 2.33. The van der Waals surface area contributed by atoms with E-state index in [0.29, 0.717) is 16.5 Å². The highest BCUT2D eigenvalue weighted by Gasteiger charge is 2.16. The largest absolute Gasteiger partial charge is 0.310 e. The van der Waals surface area contributed by atoms with E-state index in [2.05, 4.69) is 28.2 Å². The quantitative estimate of drug-likeness (QED) is 0.769. The molecule has 0 aliphatic rings. The predicted octanol–water partition coefficient (Wildman–Crippen LogP) is 5.01. The van der Waals surface area contributed by atoms with E-state index in [1.165, 1.54) is 18.2 Å². The van der Waals surface area contributed by atoms with Gasteiger partial charge in [-0.2, -0.15) is 0 Å². The van der Waals surface area contributed by atoms with Gasteiger partial charge in [0.2, 0.25) is 0 Å². The van der Waals surface area contributed by atoms with Crippen LogP contribution in [-0.2, 0) is 6.42 Å². The lowest BCUT2D eigenvalue weighted by atomic mass is 9.98. The molecule has 0 radical (unpaired) electrons. The van der Waals surface area contributed by atoms with Crippen molar-refractivity contribution in [2.24, 2.45) is 0 Å². The SMILES string of the molecule is CCCNC(Cc1cc(F)cc(Br)c1)c1ccccc1F. The Kier molecular flexibility index (Phi) is 5.88. The van der Waals surface area contributed by atoms with E-state index in [1.54, 1.807) is 12.1 Å². The summed E-state index contributed by atoms with van der Waals surface area (Å²) in [6.07, 6.45) is 1.50. The van der Waals surface area contributed by atoms with Gasteiger partial charge in [-0.15, -0.1) is 0 Å². The maximum Gasteiger partial charge on any atom is 0.127 e. The normalized spacial score (nSPS) is 12.4. The number of nitrogens with one attached hydrogen (secondary N) is 1. The first-order chi connectivity index (χ1) is 10.1. The van der Waals surface area contributed by atoms with E-state index in [0.717, 1.165) is 18.5 Å². The summed E-state index contributed by atoms with van der Waals surface area (Å²) in [7, 11) is 0. The van der Waals surface area contributed by atoms with Gasteiger partial charge in [0.15, 0.2) is 0 Å². The van der Waals surface area contributed by atoms with Crippen molar-refractivity contribution in [3.05, 3.63) is 69.7 Å². The van der Waals surface area contributed by atoms with E-state index in [9.17, 15) is 8.78 Å². The lowest BCUT2D eigenvalue weighted by Gasteiger charge is -2.20. The average molecular weight is 354 g/mol. The maximum atomic E-state index is 14.0. The van der Waals surface area contributed by atoms with Gasteiger partial charge in [-0.05, 0) is 49.2 Å². The summed E-state index contributed by atoms with van der Waals surface area (Å²) in [6.45, 7) is 2.85. The van der Waals surface area contributed by atoms with Crippen molar-refractivity contribution in [2.75, 3.05) is 6.54 Å². The van der Waals surface area contributed by atoms with Crippen LogP contribution in [0.4, 0.5) is 8.78 Å². The molecular formula is C17H18BrF2N. The number of hydrogen-bond donors (Lipinski definition) is 1. The molecule has 1 nitrogen and oxygen atoms in total. The fourth-order valence-corrected chi connectivity index (χ4v) is 2.85. The molecule has 0 heterocycles. The number of benzene rings is 2. The van der Waals surface area contributed by atoms with Gasteiger partial charge in [-0.3, -0.25) is 0 Å². The molecule has 0 bridgehead atoms. The lowest BCUT2D eigenvalue weighted by Crippen LogP contribution is -2.25. The van der Waals surface area contributed by atoms with Crippen LogP contribution in [0.5, 0.6) is 0 Å². The van der Waals surface area contributed by atoms with Crippen LogP contribution < -0.4 is 5.32 Å². The molecule has 0 spiro atoms. The molecule has 112 valence electrons. The zero-order chi connectivity index (χ0) is 15.2. The molecule has 21 heavy (non-hydrogen) atoms. The van der Waals surface area contributed by atoms with Crippen LogP contribution >= 0.6 is 15.9 Å². The minimum absolute atomic E-state index is 0.167. The third-order valence-electron chi connectivity index (χ3n) is 3.28. The molecule has 0 aliphatic heterocycles. The third kappa shape index (κ3) is 4.61. The van der Waals surface area contributed by atoms with E-state index in [-0.39, 0.29) is 17.7 Å². The molecule has 4 heteroatoms. The average Bonchev–Trinajstić information content (AvgIpc) is 2.43. The minimum atomic E-state index is -0.290. The highest BCUT2D eigenvalue weighted by Crippen LogP contribution is 2.23. The first kappa shape index (κ1) is 16.1. The molecule has 0 fully saturated rings. The van der Waals surface area contributed by atoms with Crippen LogP contribution in [0.15, 0.2) is 46.9 Å². The molecule has 0 aromatic heterocycles. The molecule has 0 saturated heterocycles. The Morgan fingerprint density at radius 1 is 1.14 bits per heavy atom. The fraction of sp³-hybridized carbons (Fsp3) is 0.294. The van der Waals surface area contributed by atoms with Gasteiger partial charge in [0.1, 0.15) is 11.6 Å². The molecule has 2 rings (SSSR count). The maximum absolute atomic E-state index is 14.0. The zero-order valence-electron chi connectivity index (χ0n) is 11.9. The summed E-state index contributed by atoms with van der Waals surface area (Å²) < 4.78 is 28.2.